The van der Waals surface area contributed by atoms with Crippen LogP contribution in [0.15, 0.2) is 48.7 Å². The van der Waals surface area contributed by atoms with Gasteiger partial charge in [0.1, 0.15) is 18.3 Å². The van der Waals surface area contributed by atoms with Gasteiger partial charge in [0.2, 0.25) is 6.29 Å². The molecule has 1 aromatic carbocycles. The molecule has 4 rings (SSSR count). The fourth-order valence-electron chi connectivity index (χ4n) is 3.71. The molecule has 1 aliphatic carbocycles. The summed E-state index contributed by atoms with van der Waals surface area (Å²) >= 11 is 0. The molecule has 2 N–H and O–H groups in total. The van der Waals surface area contributed by atoms with Gasteiger partial charge >= 0.3 is 5.97 Å². The largest absolute Gasteiger partial charge is 0.473 e. The maximum absolute atomic E-state index is 11.9. The van der Waals surface area contributed by atoms with Crippen molar-refractivity contribution in [1.82, 2.24) is 0 Å². The number of carbonyl (C=O) groups is 1. The van der Waals surface area contributed by atoms with E-state index in [2.05, 4.69) is 0 Å². The third-order valence-corrected chi connectivity index (χ3v) is 4.93. The van der Waals surface area contributed by atoms with E-state index in [0.717, 1.165) is 5.56 Å². The van der Waals surface area contributed by atoms with Crippen molar-refractivity contribution >= 4 is 12.0 Å². The summed E-state index contributed by atoms with van der Waals surface area (Å²) in [7, 11) is 0. The van der Waals surface area contributed by atoms with Gasteiger partial charge in [-0.1, -0.05) is 30.3 Å². The van der Waals surface area contributed by atoms with E-state index >= 15 is 0 Å². The number of carbonyl (C=O) groups excluding carboxylic acids is 1. The van der Waals surface area contributed by atoms with E-state index in [1.807, 2.05) is 30.3 Å². The molecule has 6 heteroatoms. The standard InChI is InChI=1S/C18H18O6/c19-13(7-6-11-4-2-1-3-5-11)23-10-18-14-12(8-9-22-17(14)21)15(20)16(18)24-18/h1-9,12,14-17,20-21H,10H2. The van der Waals surface area contributed by atoms with Crippen molar-refractivity contribution in [2.45, 2.75) is 24.1 Å². The second-order valence-electron chi connectivity index (χ2n) is 6.29. The highest BCUT2D eigenvalue weighted by Crippen LogP contribution is 2.59. The topological polar surface area (TPSA) is 88.5 Å². The molecule has 0 amide bonds. The van der Waals surface area contributed by atoms with Gasteiger partial charge in [-0.2, -0.15) is 0 Å². The Morgan fingerprint density at radius 1 is 1.29 bits per heavy atom. The summed E-state index contributed by atoms with van der Waals surface area (Å²) in [6, 6.07) is 9.41. The van der Waals surface area contributed by atoms with Crippen molar-refractivity contribution in [2.75, 3.05) is 6.61 Å². The van der Waals surface area contributed by atoms with Gasteiger partial charge in [0.25, 0.3) is 0 Å². The van der Waals surface area contributed by atoms with E-state index in [0.29, 0.717) is 0 Å². The van der Waals surface area contributed by atoms with Crippen LogP contribution >= 0.6 is 0 Å². The fraction of sp³-hybridized carbons (Fsp3) is 0.389. The highest BCUT2D eigenvalue weighted by Gasteiger charge is 2.76. The molecule has 0 spiro atoms. The molecule has 1 aromatic rings. The van der Waals surface area contributed by atoms with Crippen LogP contribution in [0.3, 0.4) is 0 Å². The van der Waals surface area contributed by atoms with Crippen LogP contribution in [0.5, 0.6) is 0 Å². The van der Waals surface area contributed by atoms with E-state index in [4.69, 9.17) is 14.2 Å². The van der Waals surface area contributed by atoms with Crippen molar-refractivity contribution in [2.24, 2.45) is 11.8 Å². The van der Waals surface area contributed by atoms with Crippen LogP contribution in [0.1, 0.15) is 5.56 Å². The Labute approximate surface area is 139 Å². The minimum atomic E-state index is -1.08. The molecule has 6 unspecified atom stereocenters. The number of aliphatic hydroxyl groups is 2. The Kier molecular flexibility index (Phi) is 3.68. The van der Waals surface area contributed by atoms with Crippen molar-refractivity contribution < 1.29 is 29.2 Å². The van der Waals surface area contributed by atoms with Crippen molar-refractivity contribution in [3.8, 4) is 0 Å². The van der Waals surface area contributed by atoms with Crippen LogP contribution in [-0.4, -0.2) is 46.9 Å². The molecular formula is C18H18O6. The number of hydrogen-bond acceptors (Lipinski definition) is 6. The molecule has 1 saturated carbocycles. The number of rotatable bonds is 4. The average molecular weight is 330 g/mol. The first-order chi connectivity index (χ1) is 11.6. The maximum Gasteiger partial charge on any atom is 0.330 e. The summed E-state index contributed by atoms with van der Waals surface area (Å²) in [5.41, 5.74) is 0.0237. The van der Waals surface area contributed by atoms with Crippen molar-refractivity contribution in [3.63, 3.8) is 0 Å². The SMILES string of the molecule is O=C(C=Cc1ccccc1)OCC12OC1C(O)C1C=COC(O)C12. The zero-order valence-corrected chi connectivity index (χ0v) is 12.8. The zero-order valence-electron chi connectivity index (χ0n) is 12.8. The summed E-state index contributed by atoms with van der Waals surface area (Å²) in [6.07, 6.45) is 3.86. The molecule has 3 aliphatic rings. The van der Waals surface area contributed by atoms with Crippen LogP contribution in [0.2, 0.25) is 0 Å². The first-order valence-electron chi connectivity index (χ1n) is 7.88. The van der Waals surface area contributed by atoms with E-state index in [1.165, 1.54) is 12.3 Å². The lowest BCUT2D eigenvalue weighted by atomic mass is 9.86. The van der Waals surface area contributed by atoms with Gasteiger partial charge in [-0.25, -0.2) is 4.79 Å². The predicted octanol–water partition coefficient (Wildman–Crippen LogP) is 0.850. The summed E-state index contributed by atoms with van der Waals surface area (Å²) in [5, 5.41) is 20.3. The average Bonchev–Trinajstić information content (AvgIpc) is 3.28. The number of hydrogen-bond donors (Lipinski definition) is 2. The first-order valence-corrected chi connectivity index (χ1v) is 7.88. The molecule has 1 saturated heterocycles. The first kappa shape index (κ1) is 15.4. The Morgan fingerprint density at radius 2 is 2.08 bits per heavy atom. The number of benzene rings is 1. The molecule has 0 aromatic heterocycles. The van der Waals surface area contributed by atoms with Gasteiger partial charge in [-0.05, 0) is 17.7 Å². The van der Waals surface area contributed by atoms with Crippen molar-refractivity contribution in [1.29, 1.82) is 0 Å². The smallest absolute Gasteiger partial charge is 0.330 e. The van der Waals surface area contributed by atoms with Gasteiger partial charge in [-0.15, -0.1) is 0 Å². The third-order valence-electron chi connectivity index (χ3n) is 4.93. The monoisotopic (exact) mass is 330 g/mol. The lowest BCUT2D eigenvalue weighted by molar-refractivity contribution is -0.159. The Balaban J connectivity index is 1.40. The molecule has 24 heavy (non-hydrogen) atoms. The maximum atomic E-state index is 11.9. The number of esters is 1. The van der Waals surface area contributed by atoms with Gasteiger partial charge in [-0.3, -0.25) is 0 Å². The Morgan fingerprint density at radius 3 is 2.88 bits per heavy atom. The molecule has 2 heterocycles. The van der Waals surface area contributed by atoms with E-state index in [9.17, 15) is 15.0 Å². The number of aliphatic hydroxyl groups excluding tert-OH is 2. The van der Waals surface area contributed by atoms with Crippen molar-refractivity contribution in [3.05, 3.63) is 54.3 Å². The highest BCUT2D eigenvalue weighted by atomic mass is 16.7. The van der Waals surface area contributed by atoms with Crippen LogP contribution in [0, 0.1) is 11.8 Å². The highest BCUT2D eigenvalue weighted by molar-refractivity contribution is 5.87. The Hall–Kier alpha value is -2.15. The molecule has 2 fully saturated rings. The minimum absolute atomic E-state index is 0.0257. The zero-order chi connectivity index (χ0) is 16.7. The molecule has 0 radical (unpaired) electrons. The van der Waals surface area contributed by atoms with E-state index in [-0.39, 0.29) is 12.5 Å². The molecule has 0 bridgehead atoms. The minimum Gasteiger partial charge on any atom is -0.473 e. The van der Waals surface area contributed by atoms with Gasteiger partial charge < -0.3 is 24.4 Å². The molecule has 126 valence electrons. The van der Waals surface area contributed by atoms with Gasteiger partial charge in [0, 0.05) is 12.0 Å². The second-order valence-corrected chi connectivity index (χ2v) is 6.29. The Bertz CT molecular complexity index is 684. The molecule has 6 nitrogen and oxygen atoms in total. The quantitative estimate of drug-likeness (QED) is 0.483. The number of fused-ring (bicyclic) bond motifs is 3. The third kappa shape index (κ3) is 2.43. The number of ether oxygens (including phenoxy) is 3. The summed E-state index contributed by atoms with van der Waals surface area (Å²) < 4.78 is 16.0. The van der Waals surface area contributed by atoms with Crippen LogP contribution < -0.4 is 0 Å². The van der Waals surface area contributed by atoms with E-state index < -0.39 is 36.0 Å². The summed E-state index contributed by atoms with van der Waals surface area (Å²) in [4.78, 5) is 11.9. The number of epoxide rings is 1. The molecule has 2 aliphatic heterocycles. The van der Waals surface area contributed by atoms with Crippen LogP contribution in [0.4, 0.5) is 0 Å². The molecule has 6 atom stereocenters. The van der Waals surface area contributed by atoms with Crippen LogP contribution in [0.25, 0.3) is 6.08 Å². The lowest BCUT2D eigenvalue weighted by Gasteiger charge is -2.32. The normalized spacial score (nSPS) is 39.2. The van der Waals surface area contributed by atoms with E-state index in [1.54, 1.807) is 12.2 Å². The fourth-order valence-corrected chi connectivity index (χ4v) is 3.71. The predicted molar refractivity (Wildman–Crippen MR) is 83.3 cm³/mol. The van der Waals surface area contributed by atoms with Crippen LogP contribution in [-0.2, 0) is 19.0 Å². The summed E-state index contributed by atoms with van der Waals surface area (Å²) in [6.45, 7) is -0.0257. The van der Waals surface area contributed by atoms with Gasteiger partial charge in [0.15, 0.2) is 0 Å². The molecular weight excluding hydrogens is 312 g/mol. The van der Waals surface area contributed by atoms with Gasteiger partial charge in [0.05, 0.1) is 18.3 Å². The lowest BCUT2D eigenvalue weighted by Crippen LogP contribution is -2.43. The second kappa shape index (κ2) is 5.73. The summed E-state index contributed by atoms with van der Waals surface area (Å²) in [5.74, 6) is -1.21.